The van der Waals surface area contributed by atoms with Crippen LogP contribution in [0.3, 0.4) is 0 Å². The molecule has 0 saturated carbocycles. The molecular formula is C24H27ClFN3O3. The van der Waals surface area contributed by atoms with Crippen LogP contribution in [0.2, 0.25) is 5.02 Å². The van der Waals surface area contributed by atoms with Gasteiger partial charge in [-0.05, 0) is 82.1 Å². The van der Waals surface area contributed by atoms with Crippen LogP contribution in [-0.4, -0.2) is 22.9 Å². The lowest BCUT2D eigenvalue weighted by Crippen LogP contribution is -2.36. The standard InChI is InChI=1S/C24H27ClFN3O3/c1-15-12-19(32-18-8-6-17(26)7-9-18)13-16(2)22(15)31-11-10-27-20-14-28-29(24(3,4)5)23(30)21(20)25/h6-9,12-14,27H,10-11H2,1-5H3. The number of aromatic nitrogens is 2. The molecule has 0 aliphatic rings. The van der Waals surface area contributed by atoms with Gasteiger partial charge in [0, 0.05) is 6.54 Å². The number of nitrogens with one attached hydrogen (secondary N) is 1. The molecule has 3 rings (SSSR count). The molecule has 0 atom stereocenters. The van der Waals surface area contributed by atoms with Crippen molar-refractivity contribution in [3.05, 3.63) is 74.9 Å². The number of nitrogens with zero attached hydrogens (tertiary/aromatic N) is 2. The monoisotopic (exact) mass is 459 g/mol. The zero-order valence-electron chi connectivity index (χ0n) is 18.8. The second-order valence-corrected chi connectivity index (χ2v) is 8.86. The molecule has 0 saturated heterocycles. The maximum absolute atomic E-state index is 13.1. The Morgan fingerprint density at radius 1 is 1.09 bits per heavy atom. The molecule has 0 aliphatic heterocycles. The Hall–Kier alpha value is -3.06. The van der Waals surface area contributed by atoms with Gasteiger partial charge in [-0.15, -0.1) is 0 Å². The minimum absolute atomic E-state index is 0.101. The number of ether oxygens (including phenoxy) is 2. The predicted octanol–water partition coefficient (Wildman–Crippen LogP) is 5.69. The molecule has 0 unspecified atom stereocenters. The van der Waals surface area contributed by atoms with Gasteiger partial charge < -0.3 is 14.8 Å². The van der Waals surface area contributed by atoms with Gasteiger partial charge in [0.15, 0.2) is 0 Å². The minimum atomic E-state index is -0.454. The van der Waals surface area contributed by atoms with Crippen molar-refractivity contribution in [1.29, 1.82) is 0 Å². The number of anilines is 1. The van der Waals surface area contributed by atoms with Crippen LogP contribution in [-0.2, 0) is 5.54 Å². The summed E-state index contributed by atoms with van der Waals surface area (Å²) in [7, 11) is 0. The number of halogens is 2. The van der Waals surface area contributed by atoms with Crippen LogP contribution in [0.25, 0.3) is 0 Å². The Morgan fingerprint density at radius 3 is 2.31 bits per heavy atom. The van der Waals surface area contributed by atoms with Crippen LogP contribution in [0, 0.1) is 19.7 Å². The first-order valence-corrected chi connectivity index (χ1v) is 10.6. The maximum Gasteiger partial charge on any atom is 0.288 e. The highest BCUT2D eigenvalue weighted by Gasteiger charge is 2.19. The van der Waals surface area contributed by atoms with E-state index in [4.69, 9.17) is 21.1 Å². The van der Waals surface area contributed by atoms with E-state index in [-0.39, 0.29) is 16.4 Å². The van der Waals surface area contributed by atoms with E-state index < -0.39 is 5.54 Å². The van der Waals surface area contributed by atoms with Crippen LogP contribution >= 0.6 is 11.6 Å². The first-order valence-electron chi connectivity index (χ1n) is 10.3. The summed E-state index contributed by atoms with van der Waals surface area (Å²) < 4.78 is 26.2. The van der Waals surface area contributed by atoms with Crippen molar-refractivity contribution in [1.82, 2.24) is 9.78 Å². The lowest BCUT2D eigenvalue weighted by atomic mass is 10.1. The highest BCUT2D eigenvalue weighted by Crippen LogP contribution is 2.31. The zero-order valence-corrected chi connectivity index (χ0v) is 19.6. The number of hydrogen-bond donors (Lipinski definition) is 1. The molecule has 3 aromatic rings. The molecule has 2 aromatic carbocycles. The molecule has 0 radical (unpaired) electrons. The van der Waals surface area contributed by atoms with E-state index in [1.165, 1.54) is 16.8 Å². The summed E-state index contributed by atoms with van der Waals surface area (Å²) in [5.41, 5.74) is 1.50. The average molecular weight is 460 g/mol. The van der Waals surface area contributed by atoms with Crippen molar-refractivity contribution in [2.45, 2.75) is 40.2 Å². The maximum atomic E-state index is 13.1. The van der Waals surface area contributed by atoms with Crippen LogP contribution in [0.5, 0.6) is 17.2 Å². The van der Waals surface area contributed by atoms with Crippen LogP contribution in [0.4, 0.5) is 10.1 Å². The molecule has 32 heavy (non-hydrogen) atoms. The first-order chi connectivity index (χ1) is 15.1. The van der Waals surface area contributed by atoms with Gasteiger partial charge in [-0.3, -0.25) is 4.79 Å². The van der Waals surface area contributed by atoms with Gasteiger partial charge in [0.1, 0.15) is 34.7 Å². The summed E-state index contributed by atoms with van der Waals surface area (Å²) in [5, 5.41) is 7.41. The molecule has 1 aromatic heterocycles. The minimum Gasteiger partial charge on any atom is -0.491 e. The predicted molar refractivity (Wildman–Crippen MR) is 125 cm³/mol. The van der Waals surface area contributed by atoms with Gasteiger partial charge in [-0.1, -0.05) is 11.6 Å². The Labute approximate surface area is 191 Å². The van der Waals surface area contributed by atoms with E-state index >= 15 is 0 Å². The second-order valence-electron chi connectivity index (χ2n) is 8.48. The van der Waals surface area contributed by atoms with Crippen molar-refractivity contribution in [3.8, 4) is 17.2 Å². The number of rotatable bonds is 7. The number of benzene rings is 2. The van der Waals surface area contributed by atoms with Crippen molar-refractivity contribution >= 4 is 17.3 Å². The lowest BCUT2D eigenvalue weighted by molar-refractivity contribution is 0.327. The Morgan fingerprint density at radius 2 is 1.72 bits per heavy atom. The first kappa shape index (κ1) is 23.6. The third-order valence-corrected chi connectivity index (χ3v) is 5.07. The van der Waals surface area contributed by atoms with E-state index in [0.717, 1.165) is 16.9 Å². The summed E-state index contributed by atoms with van der Waals surface area (Å²) >= 11 is 6.23. The Balaban J connectivity index is 1.61. The van der Waals surface area contributed by atoms with E-state index in [1.807, 2.05) is 46.8 Å². The highest BCUT2D eigenvalue weighted by molar-refractivity contribution is 6.32. The molecule has 170 valence electrons. The van der Waals surface area contributed by atoms with Crippen LogP contribution < -0.4 is 20.3 Å². The zero-order chi connectivity index (χ0) is 23.5. The second kappa shape index (κ2) is 9.61. The largest absolute Gasteiger partial charge is 0.491 e. The van der Waals surface area contributed by atoms with Gasteiger partial charge in [-0.25, -0.2) is 9.07 Å². The Kier molecular flexibility index (Phi) is 7.09. The summed E-state index contributed by atoms with van der Waals surface area (Å²) in [6.07, 6.45) is 1.55. The molecule has 1 N–H and O–H groups in total. The average Bonchev–Trinajstić information content (AvgIpc) is 2.70. The molecule has 0 amide bonds. The molecule has 0 spiro atoms. The van der Waals surface area contributed by atoms with Crippen LogP contribution in [0.15, 0.2) is 47.4 Å². The van der Waals surface area contributed by atoms with Crippen molar-refractivity contribution in [2.75, 3.05) is 18.5 Å². The van der Waals surface area contributed by atoms with Crippen molar-refractivity contribution in [2.24, 2.45) is 0 Å². The normalized spacial score (nSPS) is 11.3. The van der Waals surface area contributed by atoms with E-state index in [1.54, 1.807) is 18.3 Å². The lowest BCUT2D eigenvalue weighted by Gasteiger charge is -2.21. The summed E-state index contributed by atoms with van der Waals surface area (Å²) in [6.45, 7) is 10.3. The third-order valence-electron chi connectivity index (χ3n) is 4.70. The number of hydrogen-bond acceptors (Lipinski definition) is 5. The smallest absolute Gasteiger partial charge is 0.288 e. The van der Waals surface area contributed by atoms with E-state index in [9.17, 15) is 9.18 Å². The fourth-order valence-corrected chi connectivity index (χ4v) is 3.40. The number of aryl methyl sites for hydroxylation is 2. The molecule has 0 aliphatic carbocycles. The highest BCUT2D eigenvalue weighted by atomic mass is 35.5. The van der Waals surface area contributed by atoms with Gasteiger partial charge in [-0.2, -0.15) is 5.10 Å². The van der Waals surface area contributed by atoms with E-state index in [2.05, 4.69) is 10.4 Å². The SMILES string of the molecule is Cc1cc(Oc2ccc(F)cc2)cc(C)c1OCCNc1cnn(C(C)(C)C)c(=O)c1Cl. The topological polar surface area (TPSA) is 65.4 Å². The summed E-state index contributed by atoms with van der Waals surface area (Å²) in [4.78, 5) is 12.4. The molecule has 6 nitrogen and oxygen atoms in total. The van der Waals surface area contributed by atoms with Gasteiger partial charge in [0.05, 0.1) is 17.4 Å². The van der Waals surface area contributed by atoms with Gasteiger partial charge in [0.25, 0.3) is 5.56 Å². The van der Waals surface area contributed by atoms with Gasteiger partial charge in [0.2, 0.25) is 0 Å². The molecular weight excluding hydrogens is 433 g/mol. The molecule has 1 heterocycles. The molecule has 8 heteroatoms. The van der Waals surface area contributed by atoms with Crippen molar-refractivity contribution in [3.63, 3.8) is 0 Å². The summed E-state index contributed by atoms with van der Waals surface area (Å²) in [5.74, 6) is 1.65. The van der Waals surface area contributed by atoms with E-state index in [0.29, 0.717) is 30.3 Å². The fourth-order valence-electron chi connectivity index (χ4n) is 3.21. The van der Waals surface area contributed by atoms with Crippen LogP contribution in [0.1, 0.15) is 31.9 Å². The fraction of sp³-hybridized carbons (Fsp3) is 0.333. The van der Waals surface area contributed by atoms with Gasteiger partial charge >= 0.3 is 0 Å². The molecule has 0 bridgehead atoms. The summed E-state index contributed by atoms with van der Waals surface area (Å²) in [6, 6.07) is 9.60. The molecule has 0 fully saturated rings. The third kappa shape index (κ3) is 5.59. The van der Waals surface area contributed by atoms with Crippen molar-refractivity contribution < 1.29 is 13.9 Å². The quantitative estimate of drug-likeness (QED) is 0.460. The Bertz CT molecular complexity index is 1130.